The van der Waals surface area contributed by atoms with Gasteiger partial charge in [0.25, 0.3) is 11.8 Å². The number of para-hydroxylation sites is 2. The first kappa shape index (κ1) is 63.8. The summed E-state index contributed by atoms with van der Waals surface area (Å²) >= 11 is 0. The molecule has 7 aromatic rings. The highest BCUT2D eigenvalue weighted by molar-refractivity contribution is 6.08. The maximum atomic E-state index is 13.5. The lowest BCUT2D eigenvalue weighted by Crippen LogP contribution is -2.36. The normalized spacial score (nSPS) is 12.7. The Kier molecular flexibility index (Phi) is 22.6. The topological polar surface area (TPSA) is 259 Å². The van der Waals surface area contributed by atoms with Gasteiger partial charge >= 0.3 is 11.9 Å². The third-order valence-electron chi connectivity index (χ3n) is 14.1. The Bertz CT molecular complexity index is 3570. The van der Waals surface area contributed by atoms with E-state index in [9.17, 15) is 39.0 Å². The number of methoxy groups -OCH3 is 2. The maximum absolute atomic E-state index is 13.5. The molecule has 0 saturated heterocycles. The number of benzene rings is 7. The quantitative estimate of drug-likeness (QED) is 0.0172. The zero-order valence-electron chi connectivity index (χ0n) is 48.9. The van der Waals surface area contributed by atoms with Crippen LogP contribution in [0.1, 0.15) is 111 Å². The Hall–Kier alpha value is -10.4. The lowest BCUT2D eigenvalue weighted by molar-refractivity contribution is -0.125. The monoisotopic (exact) mass is 1150 g/mol. The Morgan fingerprint density at radius 3 is 1.28 bits per heavy atom. The number of allylic oxidation sites excluding steroid dienone is 1. The molecular weight excluding hydrogens is 1080 g/mol. The second kappa shape index (κ2) is 30.1. The summed E-state index contributed by atoms with van der Waals surface area (Å²) in [7, 11) is 2.38. The minimum absolute atomic E-state index is 0.0241. The molecule has 18 heteroatoms. The van der Waals surface area contributed by atoms with Crippen molar-refractivity contribution < 1.29 is 48.5 Å². The van der Waals surface area contributed by atoms with Gasteiger partial charge in [-0.15, -0.1) is 15.3 Å². The van der Waals surface area contributed by atoms with Crippen LogP contribution in [0.2, 0.25) is 0 Å². The lowest BCUT2D eigenvalue weighted by Gasteiger charge is -2.33. The van der Waals surface area contributed by atoms with Crippen molar-refractivity contribution in [2.24, 2.45) is 31.3 Å². The highest BCUT2D eigenvalue weighted by Gasteiger charge is 2.38. The van der Waals surface area contributed by atoms with Crippen LogP contribution in [0.15, 0.2) is 226 Å². The van der Waals surface area contributed by atoms with Crippen molar-refractivity contribution in [3.8, 4) is 0 Å². The van der Waals surface area contributed by atoms with Gasteiger partial charge in [0.15, 0.2) is 17.2 Å². The van der Waals surface area contributed by atoms with Gasteiger partial charge in [-0.1, -0.05) is 139 Å². The van der Waals surface area contributed by atoms with Gasteiger partial charge in [-0.3, -0.25) is 19.2 Å². The molecular formula is C67H70N8O10. The largest absolute Gasteiger partial charge is 0.510 e. The molecule has 4 amide bonds. The number of hydrogen-bond acceptors (Lipinski definition) is 14. The van der Waals surface area contributed by atoms with Gasteiger partial charge in [-0.05, 0) is 134 Å². The highest BCUT2D eigenvalue weighted by atomic mass is 16.5. The van der Waals surface area contributed by atoms with Crippen LogP contribution in [-0.2, 0) is 28.7 Å². The Labute approximate surface area is 494 Å². The number of anilines is 4. The van der Waals surface area contributed by atoms with Crippen LogP contribution in [0.3, 0.4) is 0 Å². The number of ether oxygens (including phenoxy) is 2. The zero-order valence-corrected chi connectivity index (χ0v) is 48.9. The van der Waals surface area contributed by atoms with Crippen molar-refractivity contribution in [1.82, 2.24) is 0 Å². The van der Waals surface area contributed by atoms with E-state index in [1.807, 2.05) is 89.2 Å². The lowest BCUT2D eigenvalue weighted by atomic mass is 9.72. The number of hydrogen-bond donors (Lipinski definition) is 6. The number of aliphatic hydroxyl groups excluding tert-OH is 2. The highest BCUT2D eigenvalue weighted by Crippen LogP contribution is 2.41. The van der Waals surface area contributed by atoms with Gasteiger partial charge in [0.1, 0.15) is 11.4 Å². The van der Waals surface area contributed by atoms with Gasteiger partial charge in [0.2, 0.25) is 11.8 Å². The summed E-state index contributed by atoms with van der Waals surface area (Å²) in [6.07, 6.45) is 1.60. The molecule has 0 radical (unpaired) electrons. The summed E-state index contributed by atoms with van der Waals surface area (Å²) in [6, 6.07) is 54.3. The predicted octanol–water partition coefficient (Wildman–Crippen LogP) is 15.4. The van der Waals surface area contributed by atoms with Crippen LogP contribution >= 0.6 is 0 Å². The SMILES string of the molecule is CCC(c1ccccc1)C(C)(C)C(=O)Nc1ccc(C(O)=C(N=Nc2cc(C(=O)OC)ccc2C(=O)OC)C(=O)Nc2ccccc2)cc1.CCC(c1ccccc1)C(C)(C)C(=O)Nc1ccc(N=NC(C(=O)Nc2ccccc2)=C(C)O)cc1. The molecule has 0 saturated carbocycles. The fourth-order valence-corrected chi connectivity index (χ4v) is 9.32. The van der Waals surface area contributed by atoms with E-state index in [0.717, 1.165) is 24.0 Å². The molecule has 0 bridgehead atoms. The van der Waals surface area contributed by atoms with E-state index >= 15 is 0 Å². The van der Waals surface area contributed by atoms with Crippen molar-refractivity contribution in [3.05, 3.63) is 233 Å². The van der Waals surface area contributed by atoms with Gasteiger partial charge in [0.05, 0.1) is 41.9 Å². The number of rotatable bonds is 21. The second-order valence-corrected chi connectivity index (χ2v) is 20.6. The first-order valence-corrected chi connectivity index (χ1v) is 27.4. The van der Waals surface area contributed by atoms with Crippen LogP contribution in [-0.4, -0.2) is 60.0 Å². The van der Waals surface area contributed by atoms with Crippen LogP contribution in [0.4, 0.5) is 34.1 Å². The molecule has 85 heavy (non-hydrogen) atoms. The van der Waals surface area contributed by atoms with E-state index in [2.05, 4.69) is 60.8 Å². The molecule has 2 atom stereocenters. The third-order valence-corrected chi connectivity index (χ3v) is 14.1. The van der Waals surface area contributed by atoms with Crippen molar-refractivity contribution in [1.29, 1.82) is 0 Å². The Morgan fingerprint density at radius 2 is 0.859 bits per heavy atom. The second-order valence-electron chi connectivity index (χ2n) is 20.6. The van der Waals surface area contributed by atoms with Crippen molar-refractivity contribution in [2.75, 3.05) is 35.5 Å². The Morgan fingerprint density at radius 1 is 0.471 bits per heavy atom. The minimum Gasteiger partial charge on any atom is -0.510 e. The van der Waals surface area contributed by atoms with E-state index in [4.69, 9.17) is 9.47 Å². The van der Waals surface area contributed by atoms with Crippen molar-refractivity contribution >= 4 is 75.5 Å². The molecule has 18 nitrogen and oxygen atoms in total. The summed E-state index contributed by atoms with van der Waals surface area (Å²) in [5.41, 5.74) is 2.87. The van der Waals surface area contributed by atoms with E-state index < -0.39 is 46.0 Å². The molecule has 7 rings (SSSR count). The van der Waals surface area contributed by atoms with E-state index in [1.54, 1.807) is 91.0 Å². The maximum Gasteiger partial charge on any atom is 0.340 e. The Balaban J connectivity index is 0.000000285. The van der Waals surface area contributed by atoms with Crippen LogP contribution in [0.25, 0.3) is 5.76 Å². The molecule has 0 aliphatic rings. The standard InChI is InChI=1S/C38H38N4O7.C29H32N4O3/c1-6-30(24-13-9-7-10-14-24)38(2,3)37(47)40-28-20-17-25(18-21-28)33(43)32(34(44)39-27-15-11-8-12-16-27)42-41-31-23-26(35(45)48-4)19-22-29(31)36(46)49-5;1-5-25(21-12-8-6-9-13-21)29(3,4)28(36)31-23-16-18-24(19-17-23)32-33-26(20(2)34)27(35)30-22-14-10-7-11-15-22/h7-23,30,43H,6H2,1-5H3,(H,39,44)(H,40,47);6-19,25,34H,5H2,1-4H3,(H,30,35)(H,31,36). The third kappa shape index (κ3) is 17.1. The average Bonchev–Trinajstić information content (AvgIpc) is 2.59. The number of carbonyl (C=O) groups is 6. The van der Waals surface area contributed by atoms with Gasteiger partial charge in [-0.2, -0.15) is 5.11 Å². The number of esters is 2. The van der Waals surface area contributed by atoms with Crippen LogP contribution in [0, 0.1) is 10.8 Å². The van der Waals surface area contributed by atoms with Crippen LogP contribution < -0.4 is 21.3 Å². The number of nitrogens with one attached hydrogen (secondary N) is 4. The molecule has 6 N–H and O–H groups in total. The number of nitrogens with zero attached hydrogens (tertiary/aromatic N) is 4. The minimum atomic E-state index is -0.804. The fourth-order valence-electron chi connectivity index (χ4n) is 9.32. The molecule has 7 aromatic carbocycles. The molecule has 0 spiro atoms. The number of amides is 4. The molecule has 0 heterocycles. The predicted molar refractivity (Wildman–Crippen MR) is 330 cm³/mol. The average molecular weight is 1150 g/mol. The molecule has 438 valence electrons. The van der Waals surface area contributed by atoms with Gasteiger partial charge in [-0.25, -0.2) is 9.59 Å². The molecule has 0 fully saturated rings. The van der Waals surface area contributed by atoms with Crippen molar-refractivity contribution in [2.45, 2.75) is 73.1 Å². The summed E-state index contributed by atoms with van der Waals surface area (Å²) < 4.78 is 9.59. The smallest absolute Gasteiger partial charge is 0.340 e. The molecule has 2 unspecified atom stereocenters. The fraction of sp³-hybridized carbons (Fsp3) is 0.224. The molecule has 0 aliphatic carbocycles. The van der Waals surface area contributed by atoms with E-state index in [1.165, 1.54) is 51.5 Å². The van der Waals surface area contributed by atoms with E-state index in [-0.39, 0.29) is 57.5 Å². The zero-order chi connectivity index (χ0) is 61.7. The van der Waals surface area contributed by atoms with Crippen LogP contribution in [0.5, 0.6) is 0 Å². The number of azo groups is 2. The molecule has 0 aromatic heterocycles. The first-order chi connectivity index (χ1) is 40.7. The summed E-state index contributed by atoms with van der Waals surface area (Å²) in [5.74, 6) is -3.81. The molecule has 0 aliphatic heterocycles. The summed E-state index contributed by atoms with van der Waals surface area (Å²) in [5, 5.41) is 48.7. The first-order valence-electron chi connectivity index (χ1n) is 27.4. The number of aliphatic hydroxyl groups is 2. The van der Waals surface area contributed by atoms with Crippen molar-refractivity contribution in [3.63, 3.8) is 0 Å². The number of carbonyl (C=O) groups excluding carboxylic acids is 6. The van der Waals surface area contributed by atoms with Gasteiger partial charge in [0, 0.05) is 28.3 Å². The van der Waals surface area contributed by atoms with E-state index in [0.29, 0.717) is 28.4 Å². The van der Waals surface area contributed by atoms with Gasteiger partial charge < -0.3 is 41.0 Å². The summed E-state index contributed by atoms with van der Waals surface area (Å²) in [4.78, 5) is 77.3. The summed E-state index contributed by atoms with van der Waals surface area (Å²) in [6.45, 7) is 13.2.